The molecular weight excluding hydrogens is 374 g/mol. The Hall–Kier alpha value is -2.90. The molecule has 7 heteroatoms. The SMILES string of the molecule is Cc1cc(C(=O)Nc2cccc(S(=O)(=O)N(C)C)c2)c(C)n1-c1ccccc1. The number of nitrogens with zero attached hydrogens (tertiary/aromatic N) is 2. The predicted octanol–water partition coefficient (Wildman–Crippen LogP) is 3.60. The molecule has 1 amide bonds. The second-order valence-electron chi connectivity index (χ2n) is 6.73. The van der Waals surface area contributed by atoms with Crippen molar-refractivity contribution in [2.75, 3.05) is 19.4 Å². The number of anilines is 1. The van der Waals surface area contributed by atoms with Gasteiger partial charge in [0.25, 0.3) is 5.91 Å². The highest BCUT2D eigenvalue weighted by molar-refractivity contribution is 7.89. The summed E-state index contributed by atoms with van der Waals surface area (Å²) in [5.74, 6) is -0.283. The number of carbonyl (C=O) groups excluding carboxylic acids is 1. The van der Waals surface area contributed by atoms with Crippen LogP contribution in [-0.4, -0.2) is 37.3 Å². The van der Waals surface area contributed by atoms with Crippen LogP contribution in [0, 0.1) is 13.8 Å². The Kier molecular flexibility index (Phi) is 5.40. The van der Waals surface area contributed by atoms with Crippen LogP contribution in [0.2, 0.25) is 0 Å². The highest BCUT2D eigenvalue weighted by atomic mass is 32.2. The number of amides is 1. The maximum absolute atomic E-state index is 12.8. The van der Waals surface area contributed by atoms with Gasteiger partial charge < -0.3 is 9.88 Å². The molecule has 3 rings (SSSR count). The lowest BCUT2D eigenvalue weighted by Crippen LogP contribution is -2.22. The Morgan fingerprint density at radius 2 is 1.64 bits per heavy atom. The normalized spacial score (nSPS) is 11.6. The lowest BCUT2D eigenvalue weighted by atomic mass is 10.2. The van der Waals surface area contributed by atoms with Crippen LogP contribution in [0.1, 0.15) is 21.7 Å². The quantitative estimate of drug-likeness (QED) is 0.715. The minimum Gasteiger partial charge on any atom is -0.322 e. The van der Waals surface area contributed by atoms with Gasteiger partial charge in [0.2, 0.25) is 10.0 Å². The van der Waals surface area contributed by atoms with E-state index >= 15 is 0 Å². The summed E-state index contributed by atoms with van der Waals surface area (Å²) in [6.07, 6.45) is 0. The molecule has 0 saturated carbocycles. The van der Waals surface area contributed by atoms with Gasteiger partial charge in [-0.3, -0.25) is 4.79 Å². The van der Waals surface area contributed by atoms with E-state index in [-0.39, 0.29) is 10.8 Å². The third kappa shape index (κ3) is 3.72. The summed E-state index contributed by atoms with van der Waals surface area (Å²) in [7, 11) is -0.626. The summed E-state index contributed by atoms with van der Waals surface area (Å²) in [6, 6.07) is 17.9. The molecular formula is C21H23N3O3S. The van der Waals surface area contributed by atoms with E-state index in [1.807, 2.05) is 54.8 Å². The number of para-hydroxylation sites is 1. The van der Waals surface area contributed by atoms with Crippen molar-refractivity contribution in [1.82, 2.24) is 8.87 Å². The van der Waals surface area contributed by atoms with Crippen LogP contribution < -0.4 is 5.32 Å². The van der Waals surface area contributed by atoms with Crippen LogP contribution in [0.5, 0.6) is 0 Å². The van der Waals surface area contributed by atoms with Crippen molar-refractivity contribution in [3.8, 4) is 5.69 Å². The van der Waals surface area contributed by atoms with Gasteiger partial charge in [-0.05, 0) is 50.2 Å². The van der Waals surface area contributed by atoms with Gasteiger partial charge in [-0.1, -0.05) is 24.3 Å². The average molecular weight is 398 g/mol. The number of carbonyl (C=O) groups is 1. The second-order valence-corrected chi connectivity index (χ2v) is 8.88. The predicted molar refractivity (Wildman–Crippen MR) is 111 cm³/mol. The average Bonchev–Trinajstić information content (AvgIpc) is 2.97. The molecule has 1 aromatic heterocycles. The lowest BCUT2D eigenvalue weighted by molar-refractivity contribution is 0.102. The van der Waals surface area contributed by atoms with E-state index in [0.29, 0.717) is 11.3 Å². The molecule has 6 nitrogen and oxygen atoms in total. The summed E-state index contributed by atoms with van der Waals surface area (Å²) >= 11 is 0. The third-order valence-corrected chi connectivity index (χ3v) is 6.37. The molecule has 0 aliphatic rings. The Balaban J connectivity index is 1.91. The molecule has 0 bridgehead atoms. The smallest absolute Gasteiger partial charge is 0.257 e. The Bertz CT molecular complexity index is 1120. The minimum atomic E-state index is -3.57. The molecule has 0 radical (unpaired) electrons. The van der Waals surface area contributed by atoms with Gasteiger partial charge in [-0.25, -0.2) is 12.7 Å². The number of benzene rings is 2. The van der Waals surface area contributed by atoms with Crippen LogP contribution in [-0.2, 0) is 10.0 Å². The number of sulfonamides is 1. The van der Waals surface area contributed by atoms with Crippen molar-refractivity contribution in [2.45, 2.75) is 18.7 Å². The molecule has 0 fully saturated rings. The molecule has 28 heavy (non-hydrogen) atoms. The first-order chi connectivity index (χ1) is 13.2. The number of rotatable bonds is 5. The zero-order chi connectivity index (χ0) is 20.5. The molecule has 2 aromatic carbocycles. The first-order valence-electron chi connectivity index (χ1n) is 8.80. The van der Waals surface area contributed by atoms with Gasteiger partial charge in [0.1, 0.15) is 0 Å². The van der Waals surface area contributed by atoms with Crippen molar-refractivity contribution in [3.05, 3.63) is 77.6 Å². The summed E-state index contributed by atoms with van der Waals surface area (Å²) in [5.41, 5.74) is 3.71. The standard InChI is InChI=1S/C21H23N3O3S/c1-15-13-20(16(2)24(15)18-10-6-5-7-11-18)21(25)22-17-9-8-12-19(14-17)28(26,27)23(3)4/h5-14H,1-4H3,(H,22,25). The highest BCUT2D eigenvalue weighted by Gasteiger charge is 2.19. The maximum atomic E-state index is 12.8. The summed E-state index contributed by atoms with van der Waals surface area (Å²) in [4.78, 5) is 13.0. The van der Waals surface area contributed by atoms with E-state index in [4.69, 9.17) is 0 Å². The van der Waals surface area contributed by atoms with E-state index < -0.39 is 10.0 Å². The Labute approximate surface area is 165 Å². The molecule has 0 aliphatic carbocycles. The van der Waals surface area contributed by atoms with E-state index in [1.165, 1.54) is 26.2 Å². The van der Waals surface area contributed by atoms with E-state index in [0.717, 1.165) is 21.4 Å². The summed E-state index contributed by atoms with van der Waals surface area (Å²) < 4.78 is 27.8. The van der Waals surface area contributed by atoms with Gasteiger partial charge in [0.05, 0.1) is 10.5 Å². The van der Waals surface area contributed by atoms with Crippen molar-refractivity contribution < 1.29 is 13.2 Å². The number of hydrogen-bond donors (Lipinski definition) is 1. The third-order valence-electron chi connectivity index (χ3n) is 4.56. The maximum Gasteiger partial charge on any atom is 0.257 e. The largest absolute Gasteiger partial charge is 0.322 e. The molecule has 1 heterocycles. The lowest BCUT2D eigenvalue weighted by Gasteiger charge is -2.13. The van der Waals surface area contributed by atoms with Crippen LogP contribution in [0.3, 0.4) is 0 Å². The van der Waals surface area contributed by atoms with Crippen molar-refractivity contribution in [1.29, 1.82) is 0 Å². The van der Waals surface area contributed by atoms with Gasteiger partial charge in [-0.2, -0.15) is 0 Å². The Morgan fingerprint density at radius 3 is 2.29 bits per heavy atom. The van der Waals surface area contributed by atoms with E-state index in [1.54, 1.807) is 12.1 Å². The molecule has 146 valence electrons. The van der Waals surface area contributed by atoms with Crippen molar-refractivity contribution in [2.24, 2.45) is 0 Å². The zero-order valence-corrected chi connectivity index (χ0v) is 17.1. The van der Waals surface area contributed by atoms with E-state index in [9.17, 15) is 13.2 Å². The Morgan fingerprint density at radius 1 is 0.964 bits per heavy atom. The van der Waals surface area contributed by atoms with Crippen molar-refractivity contribution >= 4 is 21.6 Å². The number of hydrogen-bond acceptors (Lipinski definition) is 3. The highest BCUT2D eigenvalue weighted by Crippen LogP contribution is 2.23. The van der Waals surface area contributed by atoms with Crippen LogP contribution >= 0.6 is 0 Å². The first kappa shape index (κ1) is 19.9. The van der Waals surface area contributed by atoms with E-state index in [2.05, 4.69) is 5.32 Å². The first-order valence-corrected chi connectivity index (χ1v) is 10.2. The fraction of sp³-hybridized carbons (Fsp3) is 0.190. The van der Waals surface area contributed by atoms with Crippen LogP contribution in [0.15, 0.2) is 65.6 Å². The monoisotopic (exact) mass is 397 g/mol. The fourth-order valence-electron chi connectivity index (χ4n) is 3.11. The van der Waals surface area contributed by atoms with Gasteiger partial charge in [0.15, 0.2) is 0 Å². The van der Waals surface area contributed by atoms with Gasteiger partial charge >= 0.3 is 0 Å². The summed E-state index contributed by atoms with van der Waals surface area (Å²) in [6.45, 7) is 3.84. The van der Waals surface area contributed by atoms with Crippen LogP contribution in [0.25, 0.3) is 5.69 Å². The topological polar surface area (TPSA) is 71.4 Å². The van der Waals surface area contributed by atoms with Crippen molar-refractivity contribution in [3.63, 3.8) is 0 Å². The molecule has 0 atom stereocenters. The van der Waals surface area contributed by atoms with Gasteiger partial charge in [-0.15, -0.1) is 0 Å². The van der Waals surface area contributed by atoms with Crippen LogP contribution in [0.4, 0.5) is 5.69 Å². The molecule has 1 N–H and O–H groups in total. The number of aryl methyl sites for hydroxylation is 1. The molecule has 0 spiro atoms. The van der Waals surface area contributed by atoms with Gasteiger partial charge in [0, 0.05) is 36.9 Å². The fourth-order valence-corrected chi connectivity index (χ4v) is 4.06. The molecule has 0 aliphatic heterocycles. The second kappa shape index (κ2) is 7.61. The number of nitrogens with one attached hydrogen (secondary N) is 1. The molecule has 0 saturated heterocycles. The minimum absolute atomic E-state index is 0.130. The number of aromatic nitrogens is 1. The molecule has 0 unspecified atom stereocenters. The zero-order valence-electron chi connectivity index (χ0n) is 16.3. The molecule has 3 aromatic rings. The summed E-state index contributed by atoms with van der Waals surface area (Å²) in [5, 5.41) is 2.81.